The van der Waals surface area contributed by atoms with Gasteiger partial charge in [0.15, 0.2) is 6.61 Å². The minimum Gasteiger partial charge on any atom is -0.484 e. The fourth-order valence-electron chi connectivity index (χ4n) is 3.48. The Balaban J connectivity index is 1.53. The Hall–Kier alpha value is -2.54. The third kappa shape index (κ3) is 6.49. The highest BCUT2D eigenvalue weighted by Crippen LogP contribution is 2.20. The first-order valence-corrected chi connectivity index (χ1v) is 11.5. The van der Waals surface area contributed by atoms with Crippen LogP contribution in [-0.4, -0.2) is 27.0 Å². The van der Waals surface area contributed by atoms with Crippen molar-refractivity contribution >= 4 is 21.6 Å². The zero-order valence-electron chi connectivity index (χ0n) is 16.7. The second kappa shape index (κ2) is 9.78. The summed E-state index contributed by atoms with van der Waals surface area (Å²) in [7, 11) is -3.69. The van der Waals surface area contributed by atoms with E-state index in [0.717, 1.165) is 31.2 Å². The zero-order chi connectivity index (χ0) is 20.7. The van der Waals surface area contributed by atoms with Crippen LogP contribution in [0.1, 0.15) is 44.1 Å². The van der Waals surface area contributed by atoms with Crippen LogP contribution in [0.2, 0.25) is 0 Å². The van der Waals surface area contributed by atoms with Gasteiger partial charge in [-0.3, -0.25) is 9.52 Å². The molecule has 0 saturated heterocycles. The van der Waals surface area contributed by atoms with Crippen LogP contribution in [0.3, 0.4) is 0 Å². The lowest BCUT2D eigenvalue weighted by Crippen LogP contribution is -2.37. The minimum atomic E-state index is -3.69. The van der Waals surface area contributed by atoms with E-state index >= 15 is 0 Å². The Kier molecular flexibility index (Phi) is 7.14. The molecule has 1 amide bonds. The van der Waals surface area contributed by atoms with Crippen molar-refractivity contribution in [3.63, 3.8) is 0 Å². The fourth-order valence-corrected chi connectivity index (χ4v) is 4.53. The number of amides is 1. The van der Waals surface area contributed by atoms with Crippen LogP contribution in [0, 0.1) is 6.92 Å². The van der Waals surface area contributed by atoms with Gasteiger partial charge < -0.3 is 10.1 Å². The molecule has 1 fully saturated rings. The van der Waals surface area contributed by atoms with Gasteiger partial charge in [-0.2, -0.15) is 0 Å². The second-order valence-corrected chi connectivity index (χ2v) is 9.17. The number of carbonyl (C=O) groups is 1. The maximum absolute atomic E-state index is 12.5. The molecule has 1 aliphatic carbocycles. The average molecular weight is 417 g/mol. The van der Waals surface area contributed by atoms with Crippen LogP contribution in [0.5, 0.6) is 5.75 Å². The van der Waals surface area contributed by atoms with E-state index in [1.165, 1.54) is 25.0 Å². The Labute approximate surface area is 172 Å². The predicted octanol–water partition coefficient (Wildman–Crippen LogP) is 4.01. The van der Waals surface area contributed by atoms with E-state index in [0.29, 0.717) is 11.4 Å². The van der Waals surface area contributed by atoms with Crippen molar-refractivity contribution in [1.29, 1.82) is 0 Å². The van der Waals surface area contributed by atoms with Crippen LogP contribution in [0.25, 0.3) is 0 Å². The molecule has 7 heteroatoms. The van der Waals surface area contributed by atoms with Gasteiger partial charge in [-0.05, 0) is 61.7 Å². The Morgan fingerprint density at radius 2 is 1.72 bits per heavy atom. The van der Waals surface area contributed by atoms with Gasteiger partial charge in [0, 0.05) is 11.7 Å². The van der Waals surface area contributed by atoms with Crippen molar-refractivity contribution in [2.45, 2.75) is 56.4 Å². The maximum atomic E-state index is 12.5. The van der Waals surface area contributed by atoms with Crippen molar-refractivity contribution < 1.29 is 17.9 Å². The highest BCUT2D eigenvalue weighted by molar-refractivity contribution is 7.92. The molecule has 0 unspecified atom stereocenters. The molecule has 3 rings (SSSR count). The number of aryl methyl sites for hydroxylation is 1. The lowest BCUT2D eigenvalue weighted by Gasteiger charge is -2.16. The topological polar surface area (TPSA) is 84.5 Å². The number of sulfonamides is 1. The molecule has 0 aromatic heterocycles. The van der Waals surface area contributed by atoms with E-state index in [9.17, 15) is 13.2 Å². The minimum absolute atomic E-state index is 0.0792. The number of hydrogen-bond acceptors (Lipinski definition) is 4. The van der Waals surface area contributed by atoms with Gasteiger partial charge in [0.05, 0.1) is 4.90 Å². The largest absolute Gasteiger partial charge is 0.484 e. The summed E-state index contributed by atoms with van der Waals surface area (Å²) in [6.07, 6.45) is 6.81. The van der Waals surface area contributed by atoms with E-state index < -0.39 is 10.0 Å². The van der Waals surface area contributed by atoms with E-state index in [4.69, 9.17) is 4.74 Å². The first kappa shape index (κ1) is 21.2. The number of benzene rings is 2. The third-order valence-corrected chi connectivity index (χ3v) is 6.39. The summed E-state index contributed by atoms with van der Waals surface area (Å²) >= 11 is 0. The molecule has 2 aromatic carbocycles. The lowest BCUT2D eigenvalue weighted by atomic mass is 10.1. The van der Waals surface area contributed by atoms with E-state index in [1.807, 2.05) is 13.0 Å². The highest BCUT2D eigenvalue weighted by atomic mass is 32.2. The van der Waals surface area contributed by atoms with Crippen molar-refractivity contribution in [2.24, 2.45) is 0 Å². The molecule has 0 heterocycles. The summed E-state index contributed by atoms with van der Waals surface area (Å²) in [5.41, 5.74) is 1.48. The van der Waals surface area contributed by atoms with Gasteiger partial charge in [-0.1, -0.05) is 37.8 Å². The van der Waals surface area contributed by atoms with Crippen LogP contribution in [-0.2, 0) is 14.8 Å². The summed E-state index contributed by atoms with van der Waals surface area (Å²) in [5.74, 6) is 0.310. The molecular formula is C22H28N2O4S. The van der Waals surface area contributed by atoms with E-state index in [1.54, 1.807) is 30.3 Å². The molecule has 0 spiro atoms. The van der Waals surface area contributed by atoms with Crippen LogP contribution < -0.4 is 14.8 Å². The van der Waals surface area contributed by atoms with Crippen LogP contribution in [0.15, 0.2) is 53.4 Å². The second-order valence-electron chi connectivity index (χ2n) is 7.49. The van der Waals surface area contributed by atoms with Crippen molar-refractivity contribution in [1.82, 2.24) is 5.32 Å². The molecule has 1 saturated carbocycles. The number of rotatable bonds is 7. The summed E-state index contributed by atoms with van der Waals surface area (Å²) in [6.45, 7) is 1.82. The van der Waals surface area contributed by atoms with Gasteiger partial charge in [0.25, 0.3) is 15.9 Å². The Morgan fingerprint density at radius 1 is 1.03 bits per heavy atom. The molecule has 0 radical (unpaired) electrons. The van der Waals surface area contributed by atoms with Gasteiger partial charge >= 0.3 is 0 Å². The molecule has 0 aliphatic heterocycles. The van der Waals surface area contributed by atoms with Gasteiger partial charge in [-0.25, -0.2) is 8.42 Å². The molecule has 1 aliphatic rings. The first-order chi connectivity index (χ1) is 13.9. The number of hydrogen-bond donors (Lipinski definition) is 2. The first-order valence-electron chi connectivity index (χ1n) is 10.0. The summed E-state index contributed by atoms with van der Waals surface area (Å²) in [5, 5.41) is 3.03. The third-order valence-electron chi connectivity index (χ3n) is 4.99. The Morgan fingerprint density at radius 3 is 2.38 bits per heavy atom. The quantitative estimate of drug-likeness (QED) is 0.668. The normalized spacial score (nSPS) is 15.3. The van der Waals surface area contributed by atoms with Crippen molar-refractivity contribution in [2.75, 3.05) is 11.3 Å². The van der Waals surface area contributed by atoms with Crippen LogP contribution in [0.4, 0.5) is 5.69 Å². The summed E-state index contributed by atoms with van der Waals surface area (Å²) in [4.78, 5) is 12.2. The molecule has 6 nitrogen and oxygen atoms in total. The molecule has 2 aromatic rings. The molecule has 0 atom stereocenters. The molecule has 2 N–H and O–H groups in total. The summed E-state index contributed by atoms with van der Waals surface area (Å²) < 4.78 is 33.1. The molecular weight excluding hydrogens is 388 g/mol. The Bertz CT molecular complexity index is 918. The predicted molar refractivity (Wildman–Crippen MR) is 114 cm³/mol. The summed E-state index contributed by atoms with van der Waals surface area (Å²) in [6, 6.07) is 13.5. The standard InChI is InChI=1S/C22H28N2O4S/c1-17-7-6-10-19(15-17)24-29(26,27)21-13-11-20(12-14-21)28-16-22(25)23-18-8-4-2-3-5-9-18/h6-7,10-15,18,24H,2-5,8-9,16H2,1H3,(H,23,25). The number of nitrogens with one attached hydrogen (secondary N) is 2. The zero-order valence-corrected chi connectivity index (χ0v) is 17.5. The molecule has 0 bridgehead atoms. The number of ether oxygens (including phenoxy) is 1. The van der Waals surface area contributed by atoms with Crippen molar-refractivity contribution in [3.05, 3.63) is 54.1 Å². The van der Waals surface area contributed by atoms with E-state index in [-0.39, 0.29) is 23.5 Å². The van der Waals surface area contributed by atoms with Gasteiger partial charge in [0.1, 0.15) is 5.75 Å². The van der Waals surface area contributed by atoms with Gasteiger partial charge in [0.2, 0.25) is 0 Å². The van der Waals surface area contributed by atoms with Gasteiger partial charge in [-0.15, -0.1) is 0 Å². The number of carbonyl (C=O) groups excluding carboxylic acids is 1. The lowest BCUT2D eigenvalue weighted by molar-refractivity contribution is -0.123. The van der Waals surface area contributed by atoms with Crippen molar-refractivity contribution in [3.8, 4) is 5.75 Å². The monoisotopic (exact) mass is 416 g/mol. The fraction of sp³-hybridized carbons (Fsp3) is 0.409. The number of anilines is 1. The SMILES string of the molecule is Cc1cccc(NS(=O)(=O)c2ccc(OCC(=O)NC3CCCCCC3)cc2)c1. The maximum Gasteiger partial charge on any atom is 0.261 e. The smallest absolute Gasteiger partial charge is 0.261 e. The molecule has 156 valence electrons. The van der Waals surface area contributed by atoms with Crippen LogP contribution >= 0.6 is 0 Å². The molecule has 29 heavy (non-hydrogen) atoms. The average Bonchev–Trinajstić information content (AvgIpc) is 2.95. The highest BCUT2D eigenvalue weighted by Gasteiger charge is 2.16. The van der Waals surface area contributed by atoms with E-state index in [2.05, 4.69) is 10.0 Å².